The molecule has 0 bridgehead atoms. The van der Waals surface area contributed by atoms with E-state index in [1.807, 2.05) is 0 Å². The van der Waals surface area contributed by atoms with Crippen LogP contribution >= 0.6 is 35.2 Å². The molecule has 29 heavy (non-hydrogen) atoms. The number of rotatable bonds is 6. The van der Waals surface area contributed by atoms with E-state index in [2.05, 4.69) is 10.6 Å². The van der Waals surface area contributed by atoms with Gasteiger partial charge in [-0.3, -0.25) is 0 Å². The molecule has 8 nitrogen and oxygen atoms in total. The predicted octanol–water partition coefficient (Wildman–Crippen LogP) is 4.11. The lowest BCUT2D eigenvalue weighted by Crippen LogP contribution is -2.20. The maximum Gasteiger partial charge on any atom is 0.348 e. The van der Waals surface area contributed by atoms with Crippen LogP contribution in [0.25, 0.3) is 0 Å². The topological polar surface area (TPSA) is 95.1 Å². The fourth-order valence-corrected chi connectivity index (χ4v) is 4.08. The summed E-state index contributed by atoms with van der Waals surface area (Å²) in [4.78, 5) is 24.5. The summed E-state index contributed by atoms with van der Waals surface area (Å²) in [6, 6.07) is 3.20. The Morgan fingerprint density at radius 2 is 1.62 bits per heavy atom. The molecule has 1 aromatic heterocycles. The summed E-state index contributed by atoms with van der Waals surface area (Å²) in [6.07, 6.45) is 0. The predicted molar refractivity (Wildman–Crippen MR) is 116 cm³/mol. The van der Waals surface area contributed by atoms with Crippen molar-refractivity contribution in [3.63, 3.8) is 0 Å². The molecule has 156 valence electrons. The number of thiocarbonyl (C=S) groups is 1. The molecule has 0 saturated carbocycles. The lowest BCUT2D eigenvalue weighted by Gasteiger charge is -2.15. The highest BCUT2D eigenvalue weighted by Gasteiger charge is 2.26. The summed E-state index contributed by atoms with van der Waals surface area (Å²) < 4.78 is 20.1. The molecule has 0 aliphatic heterocycles. The average Bonchev–Trinajstić information content (AvgIpc) is 3.03. The molecule has 11 heteroatoms. The van der Waals surface area contributed by atoms with Crippen LogP contribution in [-0.2, 0) is 9.47 Å². The summed E-state index contributed by atoms with van der Waals surface area (Å²) >= 11 is 12.5. The standard InChI is InChI=1S/C18H19ClN2O6S2/c1-8-13(16(22)26-4)15(29-14(8)17(23)27-5)21-18(28)20-10-7-11(24-2)9(19)6-12(10)25-3/h6-7H,1-5H3,(H2,20,21,28). The Morgan fingerprint density at radius 3 is 2.17 bits per heavy atom. The lowest BCUT2D eigenvalue weighted by atomic mass is 10.1. The number of methoxy groups -OCH3 is 4. The smallest absolute Gasteiger partial charge is 0.348 e. The van der Waals surface area contributed by atoms with Crippen LogP contribution in [0.1, 0.15) is 25.6 Å². The molecule has 0 aliphatic carbocycles. The van der Waals surface area contributed by atoms with Crippen molar-refractivity contribution in [3.05, 3.63) is 33.2 Å². The number of esters is 2. The molecule has 2 N–H and O–H groups in total. The number of carbonyl (C=O) groups excluding carboxylic acids is 2. The summed E-state index contributed by atoms with van der Waals surface area (Å²) in [5.41, 5.74) is 1.12. The first kappa shape index (κ1) is 22.7. The van der Waals surface area contributed by atoms with Gasteiger partial charge in [0.25, 0.3) is 0 Å². The number of ether oxygens (including phenoxy) is 4. The second-order valence-corrected chi connectivity index (χ2v) is 7.35. The molecule has 1 aromatic carbocycles. The van der Waals surface area contributed by atoms with Crippen molar-refractivity contribution in [3.8, 4) is 11.5 Å². The van der Waals surface area contributed by atoms with Crippen molar-refractivity contribution < 1.29 is 28.5 Å². The second-order valence-electron chi connectivity index (χ2n) is 5.51. The molecule has 0 saturated heterocycles. The first-order chi connectivity index (χ1) is 13.8. The van der Waals surface area contributed by atoms with Crippen LogP contribution in [0.15, 0.2) is 12.1 Å². The Morgan fingerprint density at radius 1 is 1.00 bits per heavy atom. The minimum absolute atomic E-state index is 0.149. The van der Waals surface area contributed by atoms with Crippen LogP contribution in [0.2, 0.25) is 5.02 Å². The summed E-state index contributed by atoms with van der Waals surface area (Å²) in [6.45, 7) is 1.63. The van der Waals surface area contributed by atoms with E-state index < -0.39 is 11.9 Å². The van der Waals surface area contributed by atoms with Gasteiger partial charge in [0.15, 0.2) is 5.11 Å². The van der Waals surface area contributed by atoms with Crippen molar-refractivity contribution in [2.24, 2.45) is 0 Å². The molecular formula is C18H19ClN2O6S2. The average molecular weight is 459 g/mol. The van der Waals surface area contributed by atoms with E-state index in [0.29, 0.717) is 32.8 Å². The molecule has 2 rings (SSSR count). The van der Waals surface area contributed by atoms with Gasteiger partial charge in [-0.15, -0.1) is 11.3 Å². The van der Waals surface area contributed by atoms with Crippen LogP contribution in [0, 0.1) is 6.92 Å². The normalized spacial score (nSPS) is 10.1. The number of nitrogens with one attached hydrogen (secondary N) is 2. The SMILES string of the molecule is COC(=O)c1sc(NC(=S)Nc2cc(OC)c(Cl)cc2OC)c(C(=O)OC)c1C. The number of anilines is 2. The summed E-state index contributed by atoms with van der Waals surface area (Å²) in [7, 11) is 5.49. The van der Waals surface area contributed by atoms with E-state index in [1.54, 1.807) is 19.1 Å². The third-order valence-corrected chi connectivity index (χ3v) is 5.54. The minimum Gasteiger partial charge on any atom is -0.495 e. The highest BCUT2D eigenvalue weighted by Crippen LogP contribution is 2.37. The zero-order valence-electron chi connectivity index (χ0n) is 16.3. The molecule has 0 spiro atoms. The first-order valence-electron chi connectivity index (χ1n) is 8.06. The van der Waals surface area contributed by atoms with Crippen LogP contribution in [0.5, 0.6) is 11.5 Å². The Balaban J connectivity index is 2.36. The molecular weight excluding hydrogens is 440 g/mol. The molecule has 2 aromatic rings. The molecule has 1 heterocycles. The van der Waals surface area contributed by atoms with Crippen LogP contribution in [0.4, 0.5) is 10.7 Å². The number of hydrogen-bond acceptors (Lipinski definition) is 8. The summed E-state index contributed by atoms with van der Waals surface area (Å²) in [5.74, 6) is -0.308. The van der Waals surface area contributed by atoms with E-state index >= 15 is 0 Å². The van der Waals surface area contributed by atoms with Crippen molar-refractivity contribution in [2.75, 3.05) is 39.1 Å². The third-order valence-electron chi connectivity index (χ3n) is 3.86. The molecule has 0 fully saturated rings. The number of hydrogen-bond donors (Lipinski definition) is 2. The zero-order chi connectivity index (χ0) is 21.7. The first-order valence-corrected chi connectivity index (χ1v) is 9.67. The summed E-state index contributed by atoms with van der Waals surface area (Å²) in [5, 5.41) is 6.74. The minimum atomic E-state index is -0.607. The highest BCUT2D eigenvalue weighted by molar-refractivity contribution is 7.80. The number of carbonyl (C=O) groups is 2. The maximum absolute atomic E-state index is 12.2. The number of thiophene rings is 1. The van der Waals surface area contributed by atoms with Gasteiger partial charge in [-0.1, -0.05) is 11.6 Å². The maximum atomic E-state index is 12.2. The lowest BCUT2D eigenvalue weighted by molar-refractivity contribution is 0.0601. The van der Waals surface area contributed by atoms with Crippen molar-refractivity contribution in [2.45, 2.75) is 6.92 Å². The molecule has 0 aliphatic rings. The van der Waals surface area contributed by atoms with E-state index in [0.717, 1.165) is 11.3 Å². The quantitative estimate of drug-likeness (QED) is 0.489. The van der Waals surface area contributed by atoms with E-state index in [-0.39, 0.29) is 15.6 Å². The van der Waals surface area contributed by atoms with Gasteiger partial charge >= 0.3 is 11.9 Å². The van der Waals surface area contributed by atoms with Gasteiger partial charge in [0, 0.05) is 12.1 Å². The largest absolute Gasteiger partial charge is 0.495 e. The Kier molecular flexibility index (Phi) is 7.66. The monoisotopic (exact) mass is 458 g/mol. The molecule has 0 unspecified atom stereocenters. The molecule has 0 atom stereocenters. The van der Waals surface area contributed by atoms with Gasteiger partial charge in [0.2, 0.25) is 0 Å². The van der Waals surface area contributed by atoms with Crippen molar-refractivity contribution in [1.29, 1.82) is 0 Å². The van der Waals surface area contributed by atoms with Gasteiger partial charge in [-0.05, 0) is 24.7 Å². The Labute approximate surface area is 182 Å². The fourth-order valence-electron chi connectivity index (χ4n) is 2.45. The highest BCUT2D eigenvalue weighted by atomic mass is 35.5. The number of benzene rings is 1. The third kappa shape index (κ3) is 4.89. The van der Waals surface area contributed by atoms with Gasteiger partial charge in [-0.2, -0.15) is 0 Å². The van der Waals surface area contributed by atoms with E-state index in [1.165, 1.54) is 28.4 Å². The van der Waals surface area contributed by atoms with Crippen LogP contribution in [-0.4, -0.2) is 45.5 Å². The molecule has 0 radical (unpaired) electrons. The van der Waals surface area contributed by atoms with Gasteiger partial charge in [-0.25, -0.2) is 9.59 Å². The van der Waals surface area contributed by atoms with Gasteiger partial charge in [0.1, 0.15) is 21.4 Å². The Hall–Kier alpha value is -2.56. The van der Waals surface area contributed by atoms with Crippen molar-refractivity contribution >= 4 is 62.9 Å². The Bertz CT molecular complexity index is 960. The van der Waals surface area contributed by atoms with Gasteiger partial charge in [0.05, 0.1) is 44.7 Å². The van der Waals surface area contributed by atoms with Gasteiger partial charge < -0.3 is 29.6 Å². The van der Waals surface area contributed by atoms with Crippen LogP contribution < -0.4 is 20.1 Å². The van der Waals surface area contributed by atoms with Crippen molar-refractivity contribution in [1.82, 2.24) is 0 Å². The fraction of sp³-hybridized carbons (Fsp3) is 0.278. The zero-order valence-corrected chi connectivity index (χ0v) is 18.7. The number of halogens is 1. The molecule has 0 amide bonds. The van der Waals surface area contributed by atoms with E-state index in [4.69, 9.17) is 42.8 Å². The van der Waals surface area contributed by atoms with Crippen LogP contribution in [0.3, 0.4) is 0 Å². The van der Waals surface area contributed by atoms with E-state index in [9.17, 15) is 9.59 Å². The second kappa shape index (κ2) is 9.77.